The lowest BCUT2D eigenvalue weighted by atomic mass is 10.0. The highest BCUT2D eigenvalue weighted by molar-refractivity contribution is 5.76. The molecule has 0 radical (unpaired) electrons. The molecule has 1 amide bonds. The number of carbonyl (C=O) groups is 1. The van der Waals surface area contributed by atoms with Crippen LogP contribution in [-0.2, 0) is 11.3 Å². The molecule has 1 aliphatic rings. The molecule has 0 saturated carbocycles. The van der Waals surface area contributed by atoms with E-state index in [1.807, 2.05) is 6.07 Å². The fourth-order valence-electron chi connectivity index (χ4n) is 3.33. The SMILES string of the molecule is O=C(CCCOc1ccc(F)cc1)NC1CCN(Cc2ccccc2)CC1. The predicted molar refractivity (Wildman–Crippen MR) is 104 cm³/mol. The average Bonchev–Trinajstić information content (AvgIpc) is 2.69. The van der Waals surface area contributed by atoms with Crippen LogP contribution in [0.15, 0.2) is 54.6 Å². The van der Waals surface area contributed by atoms with Crippen LogP contribution in [0.5, 0.6) is 5.75 Å². The molecule has 0 bridgehead atoms. The predicted octanol–water partition coefficient (Wildman–Crippen LogP) is 3.77. The summed E-state index contributed by atoms with van der Waals surface area (Å²) in [5.74, 6) is 0.429. The summed E-state index contributed by atoms with van der Waals surface area (Å²) in [7, 11) is 0. The minimum atomic E-state index is -0.281. The molecule has 5 heteroatoms. The maximum absolute atomic E-state index is 12.8. The second-order valence-corrected chi connectivity index (χ2v) is 7.01. The summed E-state index contributed by atoms with van der Waals surface area (Å²) in [5.41, 5.74) is 1.33. The number of piperidine rings is 1. The van der Waals surface area contributed by atoms with Crippen LogP contribution in [0, 0.1) is 5.82 Å². The molecule has 3 rings (SSSR count). The Bertz CT molecular complexity index is 698. The van der Waals surface area contributed by atoms with E-state index in [4.69, 9.17) is 4.74 Å². The molecule has 0 atom stereocenters. The van der Waals surface area contributed by atoms with Crippen molar-refractivity contribution in [1.82, 2.24) is 10.2 Å². The summed E-state index contributed by atoms with van der Waals surface area (Å²) < 4.78 is 18.3. The van der Waals surface area contributed by atoms with Gasteiger partial charge in [0.25, 0.3) is 0 Å². The minimum Gasteiger partial charge on any atom is -0.494 e. The molecule has 0 aliphatic carbocycles. The van der Waals surface area contributed by atoms with Crippen LogP contribution >= 0.6 is 0 Å². The van der Waals surface area contributed by atoms with Crippen LogP contribution in [0.3, 0.4) is 0 Å². The van der Waals surface area contributed by atoms with Gasteiger partial charge in [0.05, 0.1) is 6.61 Å². The third-order valence-corrected chi connectivity index (χ3v) is 4.83. The lowest BCUT2D eigenvalue weighted by Crippen LogP contribution is -2.44. The molecule has 0 aromatic heterocycles. The molecule has 1 aliphatic heterocycles. The molecule has 2 aromatic carbocycles. The Morgan fingerprint density at radius 3 is 2.48 bits per heavy atom. The van der Waals surface area contributed by atoms with Crippen molar-refractivity contribution in [2.45, 2.75) is 38.3 Å². The average molecular weight is 370 g/mol. The van der Waals surface area contributed by atoms with E-state index in [0.29, 0.717) is 25.2 Å². The lowest BCUT2D eigenvalue weighted by Gasteiger charge is -2.32. The number of hydrogen-bond donors (Lipinski definition) is 1. The molecule has 1 heterocycles. The number of amides is 1. The summed E-state index contributed by atoms with van der Waals surface area (Å²) in [5, 5.41) is 3.14. The van der Waals surface area contributed by atoms with E-state index in [0.717, 1.165) is 32.5 Å². The molecule has 1 fully saturated rings. The third kappa shape index (κ3) is 6.68. The maximum Gasteiger partial charge on any atom is 0.220 e. The standard InChI is InChI=1S/C22H27FN2O2/c23-19-8-10-21(11-9-19)27-16-4-7-22(26)24-20-12-14-25(15-13-20)17-18-5-2-1-3-6-18/h1-3,5-6,8-11,20H,4,7,12-17H2,(H,24,26). The van der Waals surface area contributed by atoms with E-state index in [1.165, 1.54) is 17.7 Å². The summed E-state index contributed by atoms with van der Waals surface area (Å²) in [6.07, 6.45) is 3.08. The van der Waals surface area contributed by atoms with Crippen LogP contribution in [0.4, 0.5) is 4.39 Å². The first kappa shape index (κ1) is 19.4. The number of carbonyl (C=O) groups excluding carboxylic acids is 1. The van der Waals surface area contributed by atoms with Gasteiger partial charge in [0, 0.05) is 32.1 Å². The van der Waals surface area contributed by atoms with Crippen molar-refractivity contribution in [3.8, 4) is 5.75 Å². The van der Waals surface area contributed by atoms with Gasteiger partial charge >= 0.3 is 0 Å². The zero-order chi connectivity index (χ0) is 18.9. The third-order valence-electron chi connectivity index (χ3n) is 4.83. The van der Waals surface area contributed by atoms with Crippen molar-refractivity contribution in [2.24, 2.45) is 0 Å². The number of halogens is 1. The Morgan fingerprint density at radius 2 is 1.78 bits per heavy atom. The van der Waals surface area contributed by atoms with Crippen molar-refractivity contribution < 1.29 is 13.9 Å². The first-order chi connectivity index (χ1) is 13.2. The Balaban J connectivity index is 1.28. The zero-order valence-electron chi connectivity index (χ0n) is 15.6. The van der Waals surface area contributed by atoms with E-state index in [-0.39, 0.29) is 17.8 Å². The zero-order valence-corrected chi connectivity index (χ0v) is 15.6. The van der Waals surface area contributed by atoms with Gasteiger partial charge in [-0.15, -0.1) is 0 Å². The van der Waals surface area contributed by atoms with Crippen molar-refractivity contribution >= 4 is 5.91 Å². The van der Waals surface area contributed by atoms with Crippen LogP contribution in [-0.4, -0.2) is 36.5 Å². The van der Waals surface area contributed by atoms with Gasteiger partial charge in [0.15, 0.2) is 0 Å². The van der Waals surface area contributed by atoms with E-state index in [9.17, 15) is 9.18 Å². The largest absolute Gasteiger partial charge is 0.494 e. The quantitative estimate of drug-likeness (QED) is 0.720. The number of rotatable bonds is 8. The topological polar surface area (TPSA) is 41.6 Å². The fraction of sp³-hybridized carbons (Fsp3) is 0.409. The summed E-state index contributed by atoms with van der Waals surface area (Å²) >= 11 is 0. The van der Waals surface area contributed by atoms with Crippen LogP contribution in [0.2, 0.25) is 0 Å². The Kier molecular flexibility index (Phi) is 7.22. The molecule has 144 valence electrons. The first-order valence-electron chi connectivity index (χ1n) is 9.63. The number of ether oxygens (including phenoxy) is 1. The number of nitrogens with one attached hydrogen (secondary N) is 1. The number of hydrogen-bond acceptors (Lipinski definition) is 3. The van der Waals surface area contributed by atoms with Crippen LogP contribution < -0.4 is 10.1 Å². The van der Waals surface area contributed by atoms with Crippen LogP contribution in [0.25, 0.3) is 0 Å². The van der Waals surface area contributed by atoms with Gasteiger partial charge in [-0.05, 0) is 49.1 Å². The van der Waals surface area contributed by atoms with Gasteiger partial charge < -0.3 is 10.1 Å². The van der Waals surface area contributed by atoms with Crippen molar-refractivity contribution in [2.75, 3.05) is 19.7 Å². The van der Waals surface area contributed by atoms with Gasteiger partial charge in [0.2, 0.25) is 5.91 Å². The normalized spacial score (nSPS) is 15.4. The molecule has 27 heavy (non-hydrogen) atoms. The fourth-order valence-corrected chi connectivity index (χ4v) is 3.33. The van der Waals surface area contributed by atoms with Gasteiger partial charge in [-0.1, -0.05) is 30.3 Å². The van der Waals surface area contributed by atoms with Gasteiger partial charge in [-0.3, -0.25) is 9.69 Å². The number of benzene rings is 2. The Hall–Kier alpha value is -2.40. The van der Waals surface area contributed by atoms with E-state index < -0.39 is 0 Å². The molecule has 2 aromatic rings. The van der Waals surface area contributed by atoms with Crippen molar-refractivity contribution in [3.63, 3.8) is 0 Å². The van der Waals surface area contributed by atoms with Gasteiger partial charge in [0.1, 0.15) is 11.6 Å². The highest BCUT2D eigenvalue weighted by Gasteiger charge is 2.20. The number of nitrogens with zero attached hydrogens (tertiary/aromatic N) is 1. The minimum absolute atomic E-state index is 0.0826. The van der Waals surface area contributed by atoms with Gasteiger partial charge in [-0.2, -0.15) is 0 Å². The second-order valence-electron chi connectivity index (χ2n) is 7.01. The molecule has 1 N–H and O–H groups in total. The highest BCUT2D eigenvalue weighted by Crippen LogP contribution is 2.14. The summed E-state index contributed by atoms with van der Waals surface area (Å²) in [6, 6.07) is 16.7. The van der Waals surface area contributed by atoms with E-state index in [2.05, 4.69) is 34.5 Å². The second kappa shape index (κ2) is 10.1. The van der Waals surface area contributed by atoms with Crippen molar-refractivity contribution in [3.05, 3.63) is 66.0 Å². The van der Waals surface area contributed by atoms with Gasteiger partial charge in [-0.25, -0.2) is 4.39 Å². The van der Waals surface area contributed by atoms with Crippen LogP contribution in [0.1, 0.15) is 31.2 Å². The highest BCUT2D eigenvalue weighted by atomic mass is 19.1. The van der Waals surface area contributed by atoms with Crippen molar-refractivity contribution in [1.29, 1.82) is 0 Å². The van der Waals surface area contributed by atoms with E-state index >= 15 is 0 Å². The Labute approximate surface area is 160 Å². The molecule has 0 spiro atoms. The summed E-state index contributed by atoms with van der Waals surface area (Å²) in [4.78, 5) is 14.5. The lowest BCUT2D eigenvalue weighted by molar-refractivity contribution is -0.122. The maximum atomic E-state index is 12.8. The number of likely N-dealkylation sites (tertiary alicyclic amines) is 1. The summed E-state index contributed by atoms with van der Waals surface area (Å²) in [6.45, 7) is 3.44. The smallest absolute Gasteiger partial charge is 0.220 e. The molecule has 0 unspecified atom stereocenters. The molecule has 1 saturated heterocycles. The molecule has 4 nitrogen and oxygen atoms in total. The monoisotopic (exact) mass is 370 g/mol. The van der Waals surface area contributed by atoms with E-state index in [1.54, 1.807) is 12.1 Å². The molecular formula is C22H27FN2O2. The Morgan fingerprint density at radius 1 is 1.07 bits per heavy atom. The molecular weight excluding hydrogens is 343 g/mol. The first-order valence-corrected chi connectivity index (χ1v) is 9.63.